The number of imide groups is 1. The fraction of sp³-hybridized carbons (Fsp3) is 0.136. The number of hydrogen-bond acceptors (Lipinski definition) is 7. The SMILES string of the molecule is COC(=O)c1ccc(N2C(=O)CC(Sc3ccc(NC(=O)C=CC(=O)O)cc3)C2=O)cc1. The van der Waals surface area contributed by atoms with Crippen molar-refractivity contribution in [1.29, 1.82) is 0 Å². The van der Waals surface area contributed by atoms with Crippen molar-refractivity contribution in [2.75, 3.05) is 17.3 Å². The lowest BCUT2D eigenvalue weighted by Crippen LogP contribution is -2.31. The maximum Gasteiger partial charge on any atom is 0.337 e. The van der Waals surface area contributed by atoms with Gasteiger partial charge >= 0.3 is 11.9 Å². The van der Waals surface area contributed by atoms with Gasteiger partial charge in [-0.05, 0) is 48.5 Å². The van der Waals surface area contributed by atoms with Crippen molar-refractivity contribution in [1.82, 2.24) is 0 Å². The van der Waals surface area contributed by atoms with Crippen LogP contribution in [0.1, 0.15) is 16.8 Å². The number of carboxylic acids is 1. The molecule has 1 aliphatic rings. The molecule has 3 amide bonds. The molecule has 1 heterocycles. The number of carboxylic acid groups (broad SMARTS) is 1. The fourth-order valence-electron chi connectivity index (χ4n) is 2.94. The summed E-state index contributed by atoms with van der Waals surface area (Å²) in [6.45, 7) is 0. The third-order valence-corrected chi connectivity index (χ3v) is 5.63. The van der Waals surface area contributed by atoms with Gasteiger partial charge in [-0.25, -0.2) is 14.5 Å². The number of carbonyl (C=O) groups excluding carboxylic acids is 4. The van der Waals surface area contributed by atoms with Crippen LogP contribution in [0.4, 0.5) is 11.4 Å². The lowest BCUT2D eigenvalue weighted by atomic mass is 10.2. The highest BCUT2D eigenvalue weighted by Crippen LogP contribution is 2.34. The van der Waals surface area contributed by atoms with E-state index in [1.54, 1.807) is 24.3 Å². The Balaban J connectivity index is 1.64. The number of thioether (sulfide) groups is 1. The van der Waals surface area contributed by atoms with Gasteiger partial charge in [-0.15, -0.1) is 11.8 Å². The highest BCUT2D eigenvalue weighted by atomic mass is 32.2. The van der Waals surface area contributed by atoms with Gasteiger partial charge in [0.1, 0.15) is 0 Å². The number of methoxy groups -OCH3 is 1. The Morgan fingerprint density at radius 1 is 1.06 bits per heavy atom. The van der Waals surface area contributed by atoms with E-state index < -0.39 is 23.1 Å². The van der Waals surface area contributed by atoms with Crippen molar-refractivity contribution in [3.8, 4) is 0 Å². The lowest BCUT2D eigenvalue weighted by Gasteiger charge is -2.15. The van der Waals surface area contributed by atoms with Gasteiger partial charge in [0.05, 0.1) is 23.6 Å². The first-order valence-corrected chi connectivity index (χ1v) is 10.2. The summed E-state index contributed by atoms with van der Waals surface area (Å²) in [7, 11) is 1.27. The molecule has 0 aliphatic carbocycles. The number of benzene rings is 2. The smallest absolute Gasteiger partial charge is 0.337 e. The maximum atomic E-state index is 12.8. The molecule has 0 bridgehead atoms. The summed E-state index contributed by atoms with van der Waals surface area (Å²) >= 11 is 1.22. The third kappa shape index (κ3) is 5.41. The Hall–Kier alpha value is -3.92. The third-order valence-electron chi connectivity index (χ3n) is 4.43. The number of hydrogen-bond donors (Lipinski definition) is 2. The molecule has 10 heteroatoms. The Kier molecular flexibility index (Phi) is 7.06. The largest absolute Gasteiger partial charge is 0.478 e. The summed E-state index contributed by atoms with van der Waals surface area (Å²) in [5.74, 6) is -3.02. The number of carbonyl (C=O) groups is 5. The molecule has 2 N–H and O–H groups in total. The quantitative estimate of drug-likeness (QED) is 0.371. The molecular formula is C22H18N2O7S. The van der Waals surface area contributed by atoms with Gasteiger partial charge < -0.3 is 15.2 Å². The zero-order valence-electron chi connectivity index (χ0n) is 16.8. The number of rotatable bonds is 7. The van der Waals surface area contributed by atoms with E-state index in [1.807, 2.05) is 0 Å². The molecule has 3 rings (SSSR count). The van der Waals surface area contributed by atoms with Crippen LogP contribution in [0.15, 0.2) is 65.6 Å². The van der Waals surface area contributed by atoms with Crippen LogP contribution in [0, 0.1) is 0 Å². The topological polar surface area (TPSA) is 130 Å². The molecule has 0 aromatic heterocycles. The van der Waals surface area contributed by atoms with E-state index in [4.69, 9.17) is 5.11 Å². The molecule has 1 aliphatic heterocycles. The Bertz CT molecular complexity index is 1090. The van der Waals surface area contributed by atoms with E-state index in [2.05, 4.69) is 10.1 Å². The first kappa shape index (κ1) is 22.8. The van der Waals surface area contributed by atoms with Crippen molar-refractivity contribution < 1.29 is 33.8 Å². The minimum Gasteiger partial charge on any atom is -0.478 e. The van der Waals surface area contributed by atoms with E-state index in [0.29, 0.717) is 16.9 Å². The monoisotopic (exact) mass is 454 g/mol. The van der Waals surface area contributed by atoms with Crippen LogP contribution in [0.3, 0.4) is 0 Å². The average molecular weight is 454 g/mol. The standard InChI is InChI=1S/C22H18N2O7S/c1-31-22(30)13-2-6-15(7-3-13)24-19(26)12-17(21(24)29)32-16-8-4-14(5-9-16)23-18(25)10-11-20(27)28/h2-11,17H,12H2,1H3,(H,23,25)(H,27,28). The van der Waals surface area contributed by atoms with Crippen LogP contribution in [-0.4, -0.2) is 47.1 Å². The summed E-state index contributed by atoms with van der Waals surface area (Å²) in [5.41, 5.74) is 1.14. The predicted molar refractivity (Wildman–Crippen MR) is 116 cm³/mol. The van der Waals surface area contributed by atoms with Gasteiger partial charge in [0.15, 0.2) is 0 Å². The van der Waals surface area contributed by atoms with Crippen molar-refractivity contribution in [2.45, 2.75) is 16.6 Å². The Morgan fingerprint density at radius 2 is 1.72 bits per heavy atom. The minimum absolute atomic E-state index is 0.0285. The van der Waals surface area contributed by atoms with Crippen molar-refractivity contribution in [3.05, 3.63) is 66.2 Å². The lowest BCUT2D eigenvalue weighted by molar-refractivity contribution is -0.131. The van der Waals surface area contributed by atoms with Crippen LogP contribution in [0.25, 0.3) is 0 Å². The Labute approximate surface area is 187 Å². The van der Waals surface area contributed by atoms with Crippen molar-refractivity contribution >= 4 is 52.8 Å². The van der Waals surface area contributed by atoms with Crippen LogP contribution < -0.4 is 10.2 Å². The number of amides is 3. The zero-order valence-corrected chi connectivity index (χ0v) is 17.6. The number of nitrogens with one attached hydrogen (secondary N) is 1. The molecule has 1 unspecified atom stereocenters. The molecule has 1 fully saturated rings. The second kappa shape index (κ2) is 9.92. The molecule has 0 saturated carbocycles. The first-order valence-electron chi connectivity index (χ1n) is 9.32. The summed E-state index contributed by atoms with van der Waals surface area (Å²) < 4.78 is 4.64. The molecule has 1 atom stereocenters. The molecule has 2 aromatic carbocycles. The normalized spacial score (nSPS) is 15.8. The number of aliphatic carboxylic acids is 1. The average Bonchev–Trinajstić information content (AvgIpc) is 3.06. The molecule has 0 spiro atoms. The molecule has 164 valence electrons. The van der Waals surface area contributed by atoms with E-state index >= 15 is 0 Å². The number of ether oxygens (including phenoxy) is 1. The predicted octanol–water partition coefficient (Wildman–Crippen LogP) is 2.48. The number of nitrogens with zero attached hydrogens (tertiary/aromatic N) is 1. The highest BCUT2D eigenvalue weighted by Gasteiger charge is 2.40. The van der Waals surface area contributed by atoms with Crippen LogP contribution in [-0.2, 0) is 23.9 Å². The zero-order chi connectivity index (χ0) is 23.3. The fourth-order valence-corrected chi connectivity index (χ4v) is 4.00. The van der Waals surface area contributed by atoms with Gasteiger partial charge in [0.25, 0.3) is 0 Å². The molecule has 32 heavy (non-hydrogen) atoms. The summed E-state index contributed by atoms with van der Waals surface area (Å²) in [4.78, 5) is 60.7. The van der Waals surface area contributed by atoms with Crippen LogP contribution in [0.2, 0.25) is 0 Å². The van der Waals surface area contributed by atoms with Gasteiger partial charge in [0.2, 0.25) is 17.7 Å². The van der Waals surface area contributed by atoms with Gasteiger partial charge in [-0.3, -0.25) is 14.4 Å². The molecule has 0 radical (unpaired) electrons. The van der Waals surface area contributed by atoms with Gasteiger partial charge in [0, 0.05) is 29.2 Å². The van der Waals surface area contributed by atoms with Gasteiger partial charge in [-0.1, -0.05) is 0 Å². The second-order valence-corrected chi connectivity index (χ2v) is 7.88. The van der Waals surface area contributed by atoms with E-state index in [-0.39, 0.29) is 18.2 Å². The molecule has 1 saturated heterocycles. The molecular weight excluding hydrogens is 436 g/mol. The van der Waals surface area contributed by atoms with E-state index in [1.165, 1.54) is 43.1 Å². The van der Waals surface area contributed by atoms with E-state index in [9.17, 15) is 24.0 Å². The summed E-state index contributed by atoms with van der Waals surface area (Å²) in [6, 6.07) is 12.6. The molecule has 9 nitrogen and oxygen atoms in total. The number of anilines is 2. The summed E-state index contributed by atoms with van der Waals surface area (Å²) in [5, 5.41) is 10.4. The van der Waals surface area contributed by atoms with Crippen molar-refractivity contribution in [2.24, 2.45) is 0 Å². The Morgan fingerprint density at radius 3 is 2.31 bits per heavy atom. The minimum atomic E-state index is -1.23. The van der Waals surface area contributed by atoms with E-state index in [0.717, 1.165) is 21.9 Å². The second-order valence-electron chi connectivity index (χ2n) is 6.60. The maximum absolute atomic E-state index is 12.8. The number of esters is 1. The highest BCUT2D eigenvalue weighted by molar-refractivity contribution is 8.00. The van der Waals surface area contributed by atoms with Crippen LogP contribution >= 0.6 is 11.8 Å². The van der Waals surface area contributed by atoms with Crippen molar-refractivity contribution in [3.63, 3.8) is 0 Å². The van der Waals surface area contributed by atoms with Crippen LogP contribution in [0.5, 0.6) is 0 Å². The molecule has 2 aromatic rings. The first-order chi connectivity index (χ1) is 15.3. The van der Waals surface area contributed by atoms with Gasteiger partial charge in [-0.2, -0.15) is 0 Å². The summed E-state index contributed by atoms with van der Waals surface area (Å²) in [6.07, 6.45) is 1.66.